The Morgan fingerprint density at radius 3 is 2.59 bits per heavy atom. The SMILES string of the molecule is O=C1CCC(N2Cc3c(OCc4ncc(-c5ccc(OC(F)(F)F)cc5)o4)cc(F)cc3C2=O)C(=O)N1. The van der Waals surface area contributed by atoms with Crippen molar-refractivity contribution in [2.24, 2.45) is 0 Å². The van der Waals surface area contributed by atoms with E-state index >= 15 is 0 Å². The van der Waals surface area contributed by atoms with Crippen molar-refractivity contribution in [2.75, 3.05) is 0 Å². The van der Waals surface area contributed by atoms with Crippen molar-refractivity contribution in [1.29, 1.82) is 0 Å². The summed E-state index contributed by atoms with van der Waals surface area (Å²) in [4.78, 5) is 41.9. The van der Waals surface area contributed by atoms with Gasteiger partial charge in [-0.05, 0) is 36.8 Å². The van der Waals surface area contributed by atoms with Crippen molar-refractivity contribution in [2.45, 2.75) is 38.4 Å². The summed E-state index contributed by atoms with van der Waals surface area (Å²) in [6.07, 6.45) is -3.22. The number of nitrogens with zero attached hydrogens (tertiary/aromatic N) is 2. The maximum Gasteiger partial charge on any atom is 0.573 e. The number of fused-ring (bicyclic) bond motifs is 1. The van der Waals surface area contributed by atoms with Crippen LogP contribution < -0.4 is 14.8 Å². The molecular weight excluding hydrogens is 502 g/mol. The summed E-state index contributed by atoms with van der Waals surface area (Å²) in [6, 6.07) is 6.28. The molecule has 1 N–H and O–H groups in total. The quantitative estimate of drug-likeness (QED) is 0.390. The van der Waals surface area contributed by atoms with Crippen LogP contribution in [0.3, 0.4) is 0 Å². The Morgan fingerprint density at radius 2 is 1.89 bits per heavy atom. The predicted octanol–water partition coefficient (Wildman–Crippen LogP) is 3.72. The van der Waals surface area contributed by atoms with Crippen LogP contribution in [0.4, 0.5) is 17.6 Å². The molecule has 2 aliphatic rings. The summed E-state index contributed by atoms with van der Waals surface area (Å²) in [7, 11) is 0. The Hall–Kier alpha value is -4.42. The lowest BCUT2D eigenvalue weighted by Gasteiger charge is -2.29. The van der Waals surface area contributed by atoms with Gasteiger partial charge in [0.15, 0.2) is 12.4 Å². The minimum absolute atomic E-state index is 0.0146. The predicted molar refractivity (Wildman–Crippen MR) is 115 cm³/mol. The first kappa shape index (κ1) is 24.3. The van der Waals surface area contributed by atoms with Crippen molar-refractivity contribution in [3.05, 3.63) is 65.4 Å². The smallest absolute Gasteiger partial charge is 0.483 e. The number of nitrogens with one attached hydrogen (secondary N) is 1. The number of piperidine rings is 1. The van der Waals surface area contributed by atoms with Gasteiger partial charge in [-0.25, -0.2) is 9.37 Å². The number of halogens is 4. The first-order valence-corrected chi connectivity index (χ1v) is 11.0. The highest BCUT2D eigenvalue weighted by atomic mass is 19.4. The highest BCUT2D eigenvalue weighted by molar-refractivity contribution is 6.05. The van der Waals surface area contributed by atoms with Crippen molar-refractivity contribution in [3.63, 3.8) is 0 Å². The minimum atomic E-state index is -4.81. The van der Waals surface area contributed by atoms with Crippen LogP contribution in [-0.4, -0.2) is 40.0 Å². The molecule has 9 nitrogen and oxygen atoms in total. The molecule has 3 aromatic rings. The summed E-state index contributed by atoms with van der Waals surface area (Å²) in [5.74, 6) is -2.27. The van der Waals surface area contributed by atoms with Crippen molar-refractivity contribution in [1.82, 2.24) is 15.2 Å². The molecule has 1 saturated heterocycles. The number of amides is 3. The standard InChI is InChI=1S/C24H17F4N3O6/c25-13-7-15-16(10-31(23(15)34)17-5-6-20(32)30-22(17)33)18(8-13)35-11-21-29-9-19(36-21)12-1-3-14(4-2-12)37-24(26,27)28/h1-4,7-9,17H,5-6,10-11H2,(H,30,32,33). The van der Waals surface area contributed by atoms with Gasteiger partial charge in [0.05, 0.1) is 18.3 Å². The number of imide groups is 1. The number of carbonyl (C=O) groups excluding carboxylic acids is 3. The zero-order chi connectivity index (χ0) is 26.3. The summed E-state index contributed by atoms with van der Waals surface area (Å²) < 4.78 is 66.4. The van der Waals surface area contributed by atoms with E-state index in [4.69, 9.17) is 9.15 Å². The molecule has 0 radical (unpaired) electrons. The Morgan fingerprint density at radius 1 is 1.14 bits per heavy atom. The Bertz CT molecular complexity index is 1390. The third-order valence-corrected chi connectivity index (χ3v) is 5.86. The molecule has 13 heteroatoms. The third kappa shape index (κ3) is 5.10. The van der Waals surface area contributed by atoms with Crippen LogP contribution in [-0.2, 0) is 22.7 Å². The number of alkyl halides is 3. The molecule has 1 atom stereocenters. The van der Waals surface area contributed by atoms with E-state index in [2.05, 4.69) is 15.0 Å². The molecule has 1 aromatic heterocycles. The first-order chi connectivity index (χ1) is 17.6. The zero-order valence-corrected chi connectivity index (χ0v) is 18.8. The van der Waals surface area contributed by atoms with Gasteiger partial charge in [0.2, 0.25) is 17.7 Å². The second-order valence-corrected chi connectivity index (χ2v) is 8.31. The normalized spacial score (nSPS) is 17.6. The number of benzene rings is 2. The fourth-order valence-corrected chi connectivity index (χ4v) is 4.19. The summed E-state index contributed by atoms with van der Waals surface area (Å²) in [5.41, 5.74) is 0.863. The highest BCUT2D eigenvalue weighted by Crippen LogP contribution is 2.35. The van der Waals surface area contributed by atoms with Crippen LogP contribution >= 0.6 is 0 Å². The van der Waals surface area contributed by atoms with Gasteiger partial charge in [-0.1, -0.05) is 0 Å². The Balaban J connectivity index is 1.29. The largest absolute Gasteiger partial charge is 0.573 e. The maximum absolute atomic E-state index is 14.3. The average molecular weight is 519 g/mol. The lowest BCUT2D eigenvalue weighted by atomic mass is 10.0. The second kappa shape index (κ2) is 9.22. The Labute approximate surface area is 206 Å². The summed E-state index contributed by atoms with van der Waals surface area (Å²) in [6.45, 7) is -0.253. The molecule has 37 heavy (non-hydrogen) atoms. The van der Waals surface area contributed by atoms with Crippen LogP contribution in [0.1, 0.15) is 34.7 Å². The second-order valence-electron chi connectivity index (χ2n) is 8.31. The average Bonchev–Trinajstić information content (AvgIpc) is 3.42. The van der Waals surface area contributed by atoms with Gasteiger partial charge in [0, 0.05) is 23.6 Å². The number of aromatic nitrogens is 1. The minimum Gasteiger partial charge on any atom is -0.483 e. The first-order valence-electron chi connectivity index (χ1n) is 11.0. The molecule has 0 saturated carbocycles. The molecule has 3 amide bonds. The molecule has 192 valence electrons. The number of carbonyl (C=O) groups is 3. The lowest BCUT2D eigenvalue weighted by molar-refractivity contribution is -0.274. The number of ether oxygens (including phenoxy) is 2. The van der Waals surface area contributed by atoms with Crippen LogP contribution in [0.15, 0.2) is 47.0 Å². The van der Waals surface area contributed by atoms with Gasteiger partial charge in [0.25, 0.3) is 5.91 Å². The van der Waals surface area contributed by atoms with E-state index in [1.54, 1.807) is 0 Å². The maximum atomic E-state index is 14.3. The summed E-state index contributed by atoms with van der Waals surface area (Å²) >= 11 is 0. The van der Waals surface area contributed by atoms with Crippen LogP contribution in [0.2, 0.25) is 0 Å². The van der Waals surface area contributed by atoms with E-state index in [1.165, 1.54) is 23.2 Å². The molecule has 1 unspecified atom stereocenters. The van der Waals surface area contributed by atoms with Gasteiger partial charge in [-0.3, -0.25) is 19.7 Å². The van der Waals surface area contributed by atoms with E-state index < -0.39 is 35.9 Å². The number of rotatable bonds is 6. The molecular formula is C24H17F4N3O6. The van der Waals surface area contributed by atoms with E-state index in [1.807, 2.05) is 0 Å². The number of hydrogen-bond acceptors (Lipinski definition) is 7. The van der Waals surface area contributed by atoms with E-state index in [0.717, 1.165) is 24.3 Å². The van der Waals surface area contributed by atoms with E-state index in [9.17, 15) is 31.9 Å². The molecule has 5 rings (SSSR count). The van der Waals surface area contributed by atoms with Crippen molar-refractivity contribution in [3.8, 4) is 22.8 Å². The fourth-order valence-electron chi connectivity index (χ4n) is 4.19. The lowest BCUT2D eigenvalue weighted by Crippen LogP contribution is -2.52. The van der Waals surface area contributed by atoms with Gasteiger partial charge < -0.3 is 18.8 Å². The molecule has 2 aromatic carbocycles. The molecule has 1 fully saturated rings. The van der Waals surface area contributed by atoms with Crippen LogP contribution in [0, 0.1) is 5.82 Å². The van der Waals surface area contributed by atoms with Crippen molar-refractivity contribution >= 4 is 17.7 Å². The molecule has 3 heterocycles. The molecule has 0 bridgehead atoms. The topological polar surface area (TPSA) is 111 Å². The van der Waals surface area contributed by atoms with Gasteiger partial charge in [0.1, 0.15) is 23.4 Å². The van der Waals surface area contributed by atoms with Gasteiger partial charge in [-0.15, -0.1) is 13.2 Å². The van der Waals surface area contributed by atoms with Crippen LogP contribution in [0.5, 0.6) is 11.5 Å². The number of hydrogen-bond donors (Lipinski definition) is 1. The van der Waals surface area contributed by atoms with Crippen molar-refractivity contribution < 1.29 is 45.8 Å². The van der Waals surface area contributed by atoms with E-state index in [0.29, 0.717) is 11.1 Å². The van der Waals surface area contributed by atoms with Crippen LogP contribution in [0.25, 0.3) is 11.3 Å². The zero-order valence-electron chi connectivity index (χ0n) is 18.8. The Kier molecular flexibility index (Phi) is 6.05. The fraction of sp³-hybridized carbons (Fsp3) is 0.250. The van der Waals surface area contributed by atoms with Gasteiger partial charge >= 0.3 is 6.36 Å². The third-order valence-electron chi connectivity index (χ3n) is 5.86. The number of oxazole rings is 1. The molecule has 2 aliphatic heterocycles. The van der Waals surface area contributed by atoms with Gasteiger partial charge in [-0.2, -0.15) is 0 Å². The monoisotopic (exact) mass is 519 g/mol. The molecule has 0 spiro atoms. The molecule has 0 aliphatic carbocycles. The van der Waals surface area contributed by atoms with E-state index in [-0.39, 0.29) is 54.7 Å². The highest BCUT2D eigenvalue weighted by Gasteiger charge is 2.40. The summed E-state index contributed by atoms with van der Waals surface area (Å²) in [5, 5.41) is 2.20.